The van der Waals surface area contributed by atoms with Crippen molar-refractivity contribution in [3.05, 3.63) is 72.8 Å². The molecule has 1 saturated carbocycles. The first-order valence-electron chi connectivity index (χ1n) is 9.79. The monoisotopic (exact) mass is 395 g/mol. The Morgan fingerprint density at radius 2 is 2.13 bits per heavy atom. The van der Waals surface area contributed by atoms with E-state index < -0.39 is 0 Å². The average Bonchev–Trinajstić information content (AvgIpc) is 3.40. The van der Waals surface area contributed by atoms with Crippen molar-refractivity contribution in [3.8, 4) is 11.1 Å². The highest BCUT2D eigenvalue weighted by Crippen LogP contribution is 2.39. The van der Waals surface area contributed by atoms with Crippen molar-refractivity contribution < 1.29 is 4.79 Å². The summed E-state index contributed by atoms with van der Waals surface area (Å²) in [5.74, 6) is 1.19. The van der Waals surface area contributed by atoms with Gasteiger partial charge in [0.2, 0.25) is 0 Å². The van der Waals surface area contributed by atoms with Gasteiger partial charge >= 0.3 is 0 Å². The Morgan fingerprint density at radius 3 is 2.97 bits per heavy atom. The summed E-state index contributed by atoms with van der Waals surface area (Å²) in [6, 6.07) is 7.50. The number of hydrogen-bond donors (Lipinski definition) is 2. The molecule has 0 saturated heterocycles. The van der Waals surface area contributed by atoms with E-state index in [2.05, 4.69) is 30.4 Å². The molecule has 0 spiro atoms. The van der Waals surface area contributed by atoms with E-state index in [9.17, 15) is 4.79 Å². The maximum Gasteiger partial charge on any atom is 0.259 e. The SMILES string of the molecule is O=C(Nc1cccnc1)c1cnn2ccc(-c3c[nH]c4nc(C5CC5)ncc34)cc12. The lowest BCUT2D eigenvalue weighted by Gasteiger charge is -2.05. The molecule has 1 aliphatic rings. The van der Waals surface area contributed by atoms with Gasteiger partial charge in [0.05, 0.1) is 29.2 Å². The van der Waals surface area contributed by atoms with Crippen molar-refractivity contribution in [2.75, 3.05) is 5.32 Å². The second-order valence-electron chi connectivity index (χ2n) is 7.47. The van der Waals surface area contributed by atoms with Crippen molar-refractivity contribution in [2.45, 2.75) is 18.8 Å². The maximum atomic E-state index is 12.8. The minimum Gasteiger partial charge on any atom is -0.345 e. The summed E-state index contributed by atoms with van der Waals surface area (Å²) < 4.78 is 1.69. The first-order valence-corrected chi connectivity index (χ1v) is 9.79. The number of amides is 1. The summed E-state index contributed by atoms with van der Waals surface area (Å²) in [6.07, 6.45) is 12.9. The molecule has 2 N–H and O–H groups in total. The summed E-state index contributed by atoms with van der Waals surface area (Å²) >= 11 is 0. The van der Waals surface area contributed by atoms with Crippen molar-refractivity contribution in [3.63, 3.8) is 0 Å². The van der Waals surface area contributed by atoms with Crippen molar-refractivity contribution >= 4 is 28.1 Å². The summed E-state index contributed by atoms with van der Waals surface area (Å²) in [4.78, 5) is 29.3. The van der Waals surface area contributed by atoms with Gasteiger partial charge in [0, 0.05) is 41.7 Å². The molecule has 1 amide bonds. The molecule has 5 aromatic rings. The second kappa shape index (κ2) is 6.48. The maximum absolute atomic E-state index is 12.8. The average molecular weight is 395 g/mol. The molecular weight excluding hydrogens is 378 g/mol. The summed E-state index contributed by atoms with van der Waals surface area (Å²) in [7, 11) is 0. The largest absolute Gasteiger partial charge is 0.345 e. The third kappa shape index (κ3) is 2.81. The number of hydrogen-bond acceptors (Lipinski definition) is 5. The van der Waals surface area contributed by atoms with Gasteiger partial charge in [-0.05, 0) is 42.7 Å². The lowest BCUT2D eigenvalue weighted by atomic mass is 10.1. The highest BCUT2D eigenvalue weighted by Gasteiger charge is 2.27. The van der Waals surface area contributed by atoms with Crippen LogP contribution in [0.3, 0.4) is 0 Å². The first kappa shape index (κ1) is 16.8. The fourth-order valence-corrected chi connectivity index (χ4v) is 3.66. The van der Waals surface area contributed by atoms with Crippen LogP contribution in [0.2, 0.25) is 0 Å². The molecule has 8 nitrogen and oxygen atoms in total. The number of carbonyl (C=O) groups is 1. The van der Waals surface area contributed by atoms with Crippen LogP contribution in [0, 0.1) is 0 Å². The summed E-state index contributed by atoms with van der Waals surface area (Å²) in [5, 5.41) is 8.14. The van der Waals surface area contributed by atoms with Gasteiger partial charge in [-0.3, -0.25) is 9.78 Å². The van der Waals surface area contributed by atoms with Crippen LogP contribution in [0.5, 0.6) is 0 Å². The number of carbonyl (C=O) groups excluding carboxylic acids is 1. The van der Waals surface area contributed by atoms with Gasteiger partial charge in [-0.1, -0.05) is 0 Å². The van der Waals surface area contributed by atoms with Gasteiger partial charge in [0.1, 0.15) is 11.5 Å². The quantitative estimate of drug-likeness (QED) is 0.482. The molecule has 0 unspecified atom stereocenters. The van der Waals surface area contributed by atoms with Crippen molar-refractivity contribution in [1.29, 1.82) is 0 Å². The topological polar surface area (TPSA) is 101 Å². The van der Waals surface area contributed by atoms with E-state index in [1.165, 1.54) is 12.8 Å². The molecule has 1 aliphatic carbocycles. The molecule has 1 fully saturated rings. The van der Waals surface area contributed by atoms with E-state index in [-0.39, 0.29) is 5.91 Å². The van der Waals surface area contributed by atoms with Gasteiger partial charge < -0.3 is 10.3 Å². The van der Waals surface area contributed by atoms with Crippen LogP contribution < -0.4 is 5.32 Å². The molecule has 6 rings (SSSR count). The number of H-pyrrole nitrogens is 1. The highest BCUT2D eigenvalue weighted by molar-refractivity contribution is 6.09. The molecule has 0 bridgehead atoms. The van der Waals surface area contributed by atoms with Gasteiger partial charge in [-0.25, -0.2) is 14.5 Å². The fraction of sp³-hybridized carbons (Fsp3) is 0.136. The van der Waals surface area contributed by atoms with Gasteiger partial charge in [0.15, 0.2) is 0 Å². The third-order valence-electron chi connectivity index (χ3n) is 5.39. The van der Waals surface area contributed by atoms with Crippen LogP contribution in [0.25, 0.3) is 27.7 Å². The molecule has 8 heteroatoms. The van der Waals surface area contributed by atoms with Crippen molar-refractivity contribution in [1.82, 2.24) is 29.5 Å². The number of anilines is 1. The minimum atomic E-state index is -0.230. The standard InChI is InChI=1S/C22H17N7O/c30-22(27-15-2-1-6-23-9-15)18-12-26-29-7-5-14(8-19(18)29)16-10-25-21-17(16)11-24-20(28-21)13-3-4-13/h1-2,5-13H,3-4H2,(H,27,30)(H,24,25,28). The van der Waals surface area contributed by atoms with Crippen LogP contribution in [0.4, 0.5) is 5.69 Å². The Balaban J connectivity index is 1.39. The summed E-state index contributed by atoms with van der Waals surface area (Å²) in [5.41, 5.74) is 4.65. The van der Waals surface area contributed by atoms with Crippen LogP contribution in [0.15, 0.2) is 61.4 Å². The predicted molar refractivity (Wildman–Crippen MR) is 112 cm³/mol. The molecule has 5 aromatic heterocycles. The molecule has 0 atom stereocenters. The van der Waals surface area contributed by atoms with E-state index in [0.717, 1.165) is 33.5 Å². The van der Waals surface area contributed by atoms with E-state index in [1.54, 1.807) is 35.2 Å². The lowest BCUT2D eigenvalue weighted by Crippen LogP contribution is -2.11. The smallest absolute Gasteiger partial charge is 0.259 e. The zero-order chi connectivity index (χ0) is 20.1. The molecule has 146 valence electrons. The van der Waals surface area contributed by atoms with Crippen LogP contribution >= 0.6 is 0 Å². The zero-order valence-corrected chi connectivity index (χ0v) is 15.9. The molecule has 30 heavy (non-hydrogen) atoms. The molecule has 0 aromatic carbocycles. The minimum absolute atomic E-state index is 0.230. The number of fused-ring (bicyclic) bond motifs is 2. The molecule has 5 heterocycles. The Hall–Kier alpha value is -4.07. The number of pyridine rings is 2. The number of aromatic nitrogens is 6. The predicted octanol–water partition coefficient (Wildman–Crippen LogP) is 3.80. The number of nitrogens with zero attached hydrogens (tertiary/aromatic N) is 5. The highest BCUT2D eigenvalue weighted by atomic mass is 16.1. The van der Waals surface area contributed by atoms with E-state index in [1.807, 2.05) is 30.7 Å². The van der Waals surface area contributed by atoms with E-state index in [0.29, 0.717) is 17.2 Å². The second-order valence-corrected chi connectivity index (χ2v) is 7.47. The Bertz CT molecular complexity index is 1400. The lowest BCUT2D eigenvalue weighted by molar-refractivity contribution is 0.102. The molecule has 0 aliphatic heterocycles. The Labute approximate surface area is 171 Å². The number of aromatic amines is 1. The fourth-order valence-electron chi connectivity index (χ4n) is 3.66. The summed E-state index contributed by atoms with van der Waals surface area (Å²) in [6.45, 7) is 0. The number of rotatable bonds is 4. The molecular formula is C22H17N7O. The van der Waals surface area contributed by atoms with Crippen LogP contribution in [-0.4, -0.2) is 35.5 Å². The van der Waals surface area contributed by atoms with E-state index in [4.69, 9.17) is 0 Å². The Kier molecular flexibility index (Phi) is 3.64. The molecule has 0 radical (unpaired) electrons. The number of nitrogens with one attached hydrogen (secondary N) is 2. The first-order chi connectivity index (χ1) is 14.8. The zero-order valence-electron chi connectivity index (χ0n) is 15.9. The van der Waals surface area contributed by atoms with Gasteiger partial charge in [-0.15, -0.1) is 0 Å². The van der Waals surface area contributed by atoms with Crippen LogP contribution in [-0.2, 0) is 0 Å². The van der Waals surface area contributed by atoms with Gasteiger partial charge in [-0.2, -0.15) is 5.10 Å². The van der Waals surface area contributed by atoms with E-state index >= 15 is 0 Å². The third-order valence-corrected chi connectivity index (χ3v) is 5.39. The van der Waals surface area contributed by atoms with Gasteiger partial charge in [0.25, 0.3) is 5.91 Å². The van der Waals surface area contributed by atoms with Crippen molar-refractivity contribution in [2.24, 2.45) is 0 Å². The Morgan fingerprint density at radius 1 is 1.20 bits per heavy atom. The normalized spacial score (nSPS) is 13.7. The van der Waals surface area contributed by atoms with Crippen LogP contribution in [0.1, 0.15) is 34.9 Å².